The Morgan fingerprint density at radius 1 is 0.857 bits per heavy atom. The van der Waals surface area contributed by atoms with Crippen LogP contribution < -0.4 is 0 Å². The molecule has 0 amide bonds. The molecule has 2 heteroatoms. The third-order valence-electron chi connectivity index (χ3n) is 2.29. The van der Waals surface area contributed by atoms with Crippen molar-refractivity contribution in [3.63, 3.8) is 0 Å². The van der Waals surface area contributed by atoms with E-state index in [1.54, 1.807) is 6.92 Å². The van der Waals surface area contributed by atoms with Gasteiger partial charge >= 0.3 is 0 Å². The van der Waals surface area contributed by atoms with E-state index >= 15 is 0 Å². The SMILES string of the molecule is CCCCCCC(=O)CCCC(C)=O. The summed E-state index contributed by atoms with van der Waals surface area (Å²) in [7, 11) is 0. The lowest BCUT2D eigenvalue weighted by Crippen LogP contribution is -1.99. The van der Waals surface area contributed by atoms with E-state index in [0.29, 0.717) is 25.0 Å². The maximum Gasteiger partial charge on any atom is 0.132 e. The molecule has 0 fully saturated rings. The highest BCUT2D eigenvalue weighted by molar-refractivity contribution is 5.80. The van der Waals surface area contributed by atoms with Crippen molar-refractivity contribution in [3.8, 4) is 0 Å². The second kappa shape index (κ2) is 8.92. The highest BCUT2D eigenvalue weighted by Gasteiger charge is 2.02. The van der Waals surface area contributed by atoms with Gasteiger partial charge in [0.05, 0.1) is 0 Å². The molecule has 0 saturated heterocycles. The Morgan fingerprint density at radius 2 is 1.50 bits per heavy atom. The number of carbonyl (C=O) groups excluding carboxylic acids is 2. The van der Waals surface area contributed by atoms with Crippen LogP contribution in [0.4, 0.5) is 0 Å². The van der Waals surface area contributed by atoms with E-state index in [9.17, 15) is 9.59 Å². The van der Waals surface area contributed by atoms with Crippen molar-refractivity contribution in [2.24, 2.45) is 0 Å². The van der Waals surface area contributed by atoms with Crippen LogP contribution in [0, 0.1) is 0 Å². The molecule has 0 aromatic heterocycles. The van der Waals surface area contributed by atoms with E-state index in [0.717, 1.165) is 19.3 Å². The topological polar surface area (TPSA) is 34.1 Å². The van der Waals surface area contributed by atoms with E-state index in [1.807, 2.05) is 0 Å². The third-order valence-corrected chi connectivity index (χ3v) is 2.29. The van der Waals surface area contributed by atoms with Gasteiger partial charge in [0.2, 0.25) is 0 Å². The first-order valence-electron chi connectivity index (χ1n) is 5.68. The molecule has 0 heterocycles. The van der Waals surface area contributed by atoms with Gasteiger partial charge in [0.25, 0.3) is 0 Å². The summed E-state index contributed by atoms with van der Waals surface area (Å²) < 4.78 is 0. The minimum atomic E-state index is 0.184. The van der Waals surface area contributed by atoms with Crippen molar-refractivity contribution >= 4 is 11.6 Å². The Hall–Kier alpha value is -0.660. The molecule has 0 radical (unpaired) electrons. The van der Waals surface area contributed by atoms with Crippen LogP contribution in [0.15, 0.2) is 0 Å². The normalized spacial score (nSPS) is 10.1. The second-order valence-corrected chi connectivity index (χ2v) is 3.90. The van der Waals surface area contributed by atoms with Crippen molar-refractivity contribution in [1.29, 1.82) is 0 Å². The molecular formula is C12H22O2. The lowest BCUT2D eigenvalue weighted by molar-refractivity contribution is -0.119. The Balaban J connectivity index is 3.24. The summed E-state index contributed by atoms with van der Waals surface area (Å²) in [6, 6.07) is 0. The number of ketones is 2. The molecule has 82 valence electrons. The fourth-order valence-corrected chi connectivity index (χ4v) is 1.41. The van der Waals surface area contributed by atoms with Gasteiger partial charge in [-0.25, -0.2) is 0 Å². The number of hydrogen-bond donors (Lipinski definition) is 0. The first-order chi connectivity index (χ1) is 6.66. The Kier molecular flexibility index (Phi) is 8.50. The van der Waals surface area contributed by atoms with Gasteiger partial charge in [0.15, 0.2) is 0 Å². The van der Waals surface area contributed by atoms with Crippen LogP contribution in [0.25, 0.3) is 0 Å². The molecule has 0 bridgehead atoms. The van der Waals surface area contributed by atoms with E-state index in [1.165, 1.54) is 12.8 Å². The first-order valence-corrected chi connectivity index (χ1v) is 5.68. The van der Waals surface area contributed by atoms with E-state index in [-0.39, 0.29) is 5.78 Å². The summed E-state index contributed by atoms with van der Waals surface area (Å²) in [6.07, 6.45) is 7.20. The number of unbranched alkanes of at least 4 members (excludes halogenated alkanes) is 3. The molecule has 0 aliphatic rings. The number of hydrogen-bond acceptors (Lipinski definition) is 2. The van der Waals surface area contributed by atoms with Gasteiger partial charge in [0.1, 0.15) is 11.6 Å². The van der Waals surface area contributed by atoms with Crippen LogP contribution in [0.5, 0.6) is 0 Å². The highest BCUT2D eigenvalue weighted by Crippen LogP contribution is 2.06. The van der Waals surface area contributed by atoms with Crippen LogP contribution in [0.2, 0.25) is 0 Å². The van der Waals surface area contributed by atoms with Crippen LogP contribution in [-0.2, 0) is 9.59 Å². The molecule has 14 heavy (non-hydrogen) atoms. The quantitative estimate of drug-likeness (QED) is 0.533. The average molecular weight is 198 g/mol. The average Bonchev–Trinajstić information content (AvgIpc) is 2.12. The number of carbonyl (C=O) groups is 2. The standard InChI is InChI=1S/C12H22O2/c1-3-4-5-6-9-12(14)10-7-8-11(2)13/h3-10H2,1-2H3. The van der Waals surface area contributed by atoms with Crippen LogP contribution in [0.1, 0.15) is 65.2 Å². The van der Waals surface area contributed by atoms with Gasteiger partial charge in [0, 0.05) is 19.3 Å². The monoisotopic (exact) mass is 198 g/mol. The van der Waals surface area contributed by atoms with Gasteiger partial charge in [-0.2, -0.15) is 0 Å². The summed E-state index contributed by atoms with van der Waals surface area (Å²) in [6.45, 7) is 3.74. The molecule has 0 aliphatic carbocycles. The van der Waals surface area contributed by atoms with E-state index in [2.05, 4.69) is 6.92 Å². The van der Waals surface area contributed by atoms with Crippen molar-refractivity contribution < 1.29 is 9.59 Å². The molecule has 0 rings (SSSR count). The lowest BCUT2D eigenvalue weighted by Gasteiger charge is -1.99. The first kappa shape index (κ1) is 13.3. The zero-order chi connectivity index (χ0) is 10.8. The fourth-order valence-electron chi connectivity index (χ4n) is 1.41. The molecule has 0 spiro atoms. The largest absolute Gasteiger partial charge is 0.300 e. The van der Waals surface area contributed by atoms with Gasteiger partial charge in [-0.05, 0) is 19.8 Å². The molecule has 0 saturated carbocycles. The van der Waals surface area contributed by atoms with Crippen LogP contribution in [-0.4, -0.2) is 11.6 Å². The summed E-state index contributed by atoms with van der Waals surface area (Å²) >= 11 is 0. The third kappa shape index (κ3) is 9.43. The zero-order valence-corrected chi connectivity index (χ0v) is 9.47. The molecule has 0 atom stereocenters. The van der Waals surface area contributed by atoms with Gasteiger partial charge in [-0.3, -0.25) is 4.79 Å². The van der Waals surface area contributed by atoms with Crippen molar-refractivity contribution in [3.05, 3.63) is 0 Å². The van der Waals surface area contributed by atoms with Crippen molar-refractivity contribution in [2.45, 2.75) is 65.2 Å². The smallest absolute Gasteiger partial charge is 0.132 e. The maximum atomic E-state index is 11.3. The number of Topliss-reactive ketones (excluding diaryl/α,β-unsaturated/α-hetero) is 2. The molecule has 0 N–H and O–H groups in total. The maximum absolute atomic E-state index is 11.3. The minimum Gasteiger partial charge on any atom is -0.300 e. The predicted molar refractivity (Wildman–Crippen MR) is 58.3 cm³/mol. The van der Waals surface area contributed by atoms with Gasteiger partial charge < -0.3 is 4.79 Å². The molecule has 0 unspecified atom stereocenters. The second-order valence-electron chi connectivity index (χ2n) is 3.90. The highest BCUT2D eigenvalue weighted by atomic mass is 16.1. The Morgan fingerprint density at radius 3 is 2.07 bits per heavy atom. The predicted octanol–water partition coefficient (Wildman–Crippen LogP) is 3.29. The van der Waals surface area contributed by atoms with Crippen molar-refractivity contribution in [1.82, 2.24) is 0 Å². The summed E-state index contributed by atoms with van der Waals surface area (Å²) in [5.41, 5.74) is 0. The van der Waals surface area contributed by atoms with Gasteiger partial charge in [-0.15, -0.1) is 0 Å². The molecule has 0 aliphatic heterocycles. The van der Waals surface area contributed by atoms with Crippen LogP contribution >= 0.6 is 0 Å². The van der Waals surface area contributed by atoms with Gasteiger partial charge in [-0.1, -0.05) is 26.2 Å². The molecule has 0 aromatic rings. The zero-order valence-electron chi connectivity index (χ0n) is 9.47. The van der Waals surface area contributed by atoms with E-state index < -0.39 is 0 Å². The molecular weight excluding hydrogens is 176 g/mol. The Labute approximate surface area is 87.1 Å². The van der Waals surface area contributed by atoms with Crippen molar-refractivity contribution in [2.75, 3.05) is 0 Å². The molecule has 2 nitrogen and oxygen atoms in total. The summed E-state index contributed by atoms with van der Waals surface area (Å²) in [4.78, 5) is 21.9. The van der Waals surface area contributed by atoms with Crippen LogP contribution in [0.3, 0.4) is 0 Å². The molecule has 0 aromatic carbocycles. The lowest BCUT2D eigenvalue weighted by atomic mass is 10.1. The summed E-state index contributed by atoms with van der Waals surface area (Å²) in [5, 5.41) is 0. The fraction of sp³-hybridized carbons (Fsp3) is 0.833. The summed E-state index contributed by atoms with van der Waals surface area (Å²) in [5.74, 6) is 0.506. The minimum absolute atomic E-state index is 0.184. The number of rotatable bonds is 9. The van der Waals surface area contributed by atoms with E-state index in [4.69, 9.17) is 0 Å². The Bertz CT molecular complexity index is 173.